The summed E-state index contributed by atoms with van der Waals surface area (Å²) in [6.07, 6.45) is 3.96. The third-order valence-electron chi connectivity index (χ3n) is 1.90. The first-order chi connectivity index (χ1) is 7.99. The van der Waals surface area contributed by atoms with Crippen LogP contribution in [-0.2, 0) is 17.1 Å². The maximum absolute atomic E-state index is 11.9. The molecule has 2 heterocycles. The molecule has 1 N–H and O–H groups in total. The van der Waals surface area contributed by atoms with Crippen molar-refractivity contribution in [3.05, 3.63) is 29.8 Å². The molecule has 2 aromatic heterocycles. The summed E-state index contributed by atoms with van der Waals surface area (Å²) in [5.74, 6) is 0.0544. The minimum Gasteiger partial charge on any atom is -0.261 e. The van der Waals surface area contributed by atoms with Crippen molar-refractivity contribution in [3.8, 4) is 0 Å². The molecular formula is C8H8ClN5O2S. The molecule has 0 radical (unpaired) electrons. The Bertz CT molecular complexity index is 639. The van der Waals surface area contributed by atoms with E-state index < -0.39 is 10.0 Å². The molecule has 0 bridgehead atoms. The second-order valence-corrected chi connectivity index (χ2v) is 5.14. The topological polar surface area (TPSA) is 89.8 Å². The first-order valence-corrected chi connectivity index (χ1v) is 6.33. The number of nitrogens with one attached hydrogen (secondary N) is 1. The highest BCUT2D eigenvalue weighted by molar-refractivity contribution is 7.92. The minimum atomic E-state index is -3.73. The van der Waals surface area contributed by atoms with Crippen LogP contribution in [-0.4, -0.2) is 28.2 Å². The Hall–Kier alpha value is -1.67. The zero-order valence-electron chi connectivity index (χ0n) is 8.70. The SMILES string of the molecule is Cn1nccc1S(=O)(=O)Nc1cncc(Cl)n1. The number of halogens is 1. The Morgan fingerprint density at radius 2 is 2.18 bits per heavy atom. The lowest BCUT2D eigenvalue weighted by Crippen LogP contribution is -2.17. The van der Waals surface area contributed by atoms with Gasteiger partial charge in [-0.15, -0.1) is 0 Å². The molecule has 0 amide bonds. The predicted octanol–water partition coefficient (Wildman–Crippen LogP) is 0.664. The normalized spacial score (nSPS) is 11.4. The van der Waals surface area contributed by atoms with Gasteiger partial charge in [0.05, 0.1) is 18.6 Å². The van der Waals surface area contributed by atoms with Gasteiger partial charge in [-0.05, 0) is 6.07 Å². The number of aromatic nitrogens is 4. The Morgan fingerprint density at radius 1 is 1.41 bits per heavy atom. The van der Waals surface area contributed by atoms with Gasteiger partial charge < -0.3 is 0 Å². The molecule has 0 saturated carbocycles. The zero-order chi connectivity index (χ0) is 12.5. The lowest BCUT2D eigenvalue weighted by molar-refractivity contribution is 0.582. The third kappa shape index (κ3) is 2.53. The van der Waals surface area contributed by atoms with Crippen molar-refractivity contribution in [1.82, 2.24) is 19.7 Å². The molecule has 0 aliphatic rings. The highest BCUT2D eigenvalue weighted by atomic mass is 35.5. The fraction of sp³-hybridized carbons (Fsp3) is 0.125. The molecule has 0 aromatic carbocycles. The van der Waals surface area contributed by atoms with Gasteiger partial charge >= 0.3 is 0 Å². The molecule has 0 spiro atoms. The highest BCUT2D eigenvalue weighted by Gasteiger charge is 2.18. The number of rotatable bonds is 3. The van der Waals surface area contributed by atoms with Crippen molar-refractivity contribution < 1.29 is 8.42 Å². The van der Waals surface area contributed by atoms with E-state index in [1.807, 2.05) is 0 Å². The van der Waals surface area contributed by atoms with E-state index in [9.17, 15) is 8.42 Å². The van der Waals surface area contributed by atoms with E-state index in [-0.39, 0.29) is 16.0 Å². The van der Waals surface area contributed by atoms with Gasteiger partial charge in [0.25, 0.3) is 10.0 Å². The molecule has 0 atom stereocenters. The Morgan fingerprint density at radius 3 is 2.76 bits per heavy atom. The van der Waals surface area contributed by atoms with Crippen LogP contribution >= 0.6 is 11.6 Å². The molecular weight excluding hydrogens is 266 g/mol. The fourth-order valence-electron chi connectivity index (χ4n) is 1.21. The van der Waals surface area contributed by atoms with Crippen molar-refractivity contribution in [3.63, 3.8) is 0 Å². The van der Waals surface area contributed by atoms with E-state index in [1.54, 1.807) is 0 Å². The van der Waals surface area contributed by atoms with Crippen molar-refractivity contribution >= 4 is 27.4 Å². The summed E-state index contributed by atoms with van der Waals surface area (Å²) in [5, 5.41) is 3.91. The first-order valence-electron chi connectivity index (χ1n) is 4.47. The Kier molecular flexibility index (Phi) is 2.99. The lowest BCUT2D eigenvalue weighted by Gasteiger charge is -2.06. The average molecular weight is 274 g/mol. The smallest absolute Gasteiger partial charge is 0.261 e. The van der Waals surface area contributed by atoms with Crippen LogP contribution in [0.4, 0.5) is 5.82 Å². The fourth-order valence-corrected chi connectivity index (χ4v) is 2.47. The van der Waals surface area contributed by atoms with Gasteiger partial charge in [-0.1, -0.05) is 11.6 Å². The maximum Gasteiger partial charge on any atom is 0.280 e. The van der Waals surface area contributed by atoms with Crippen LogP contribution in [0.5, 0.6) is 0 Å². The molecule has 0 unspecified atom stereocenters. The molecule has 0 fully saturated rings. The number of sulfonamides is 1. The van der Waals surface area contributed by atoms with Crippen molar-refractivity contribution in [1.29, 1.82) is 0 Å². The molecule has 2 aromatic rings. The number of hydrogen-bond acceptors (Lipinski definition) is 5. The second-order valence-electron chi connectivity index (χ2n) is 3.13. The zero-order valence-corrected chi connectivity index (χ0v) is 10.3. The van der Waals surface area contributed by atoms with E-state index in [0.717, 1.165) is 0 Å². The van der Waals surface area contributed by atoms with Crippen molar-refractivity contribution in [2.24, 2.45) is 7.05 Å². The third-order valence-corrected chi connectivity index (χ3v) is 3.51. The lowest BCUT2D eigenvalue weighted by atomic mass is 10.7. The number of nitrogens with zero attached hydrogens (tertiary/aromatic N) is 4. The van der Waals surface area contributed by atoms with Crippen LogP contribution in [0.1, 0.15) is 0 Å². The van der Waals surface area contributed by atoms with Crippen LogP contribution < -0.4 is 4.72 Å². The second kappa shape index (κ2) is 4.30. The van der Waals surface area contributed by atoms with Gasteiger partial charge in [-0.25, -0.2) is 4.98 Å². The van der Waals surface area contributed by atoms with E-state index in [0.29, 0.717) is 0 Å². The molecule has 9 heteroatoms. The highest BCUT2D eigenvalue weighted by Crippen LogP contribution is 2.13. The van der Waals surface area contributed by atoms with Gasteiger partial charge in [0.2, 0.25) is 0 Å². The predicted molar refractivity (Wildman–Crippen MR) is 61.1 cm³/mol. The largest absolute Gasteiger partial charge is 0.280 e. The Balaban J connectivity index is 2.33. The van der Waals surface area contributed by atoms with Gasteiger partial charge in [-0.3, -0.25) is 14.4 Å². The van der Waals surface area contributed by atoms with Crippen molar-refractivity contribution in [2.75, 3.05) is 4.72 Å². The van der Waals surface area contributed by atoms with Crippen LogP contribution in [0.25, 0.3) is 0 Å². The molecule has 0 aliphatic carbocycles. The van der Waals surface area contributed by atoms with E-state index in [4.69, 9.17) is 11.6 Å². The van der Waals surface area contributed by atoms with Gasteiger partial charge in [0.15, 0.2) is 10.8 Å². The summed E-state index contributed by atoms with van der Waals surface area (Å²) < 4.78 is 27.3. The summed E-state index contributed by atoms with van der Waals surface area (Å²) in [7, 11) is -2.20. The summed E-state index contributed by atoms with van der Waals surface area (Å²) in [5.41, 5.74) is 0. The summed E-state index contributed by atoms with van der Waals surface area (Å²) in [4.78, 5) is 7.51. The molecule has 0 saturated heterocycles. The number of hydrogen-bond donors (Lipinski definition) is 1. The summed E-state index contributed by atoms with van der Waals surface area (Å²) in [6.45, 7) is 0. The van der Waals surface area contributed by atoms with Gasteiger partial charge in [-0.2, -0.15) is 13.5 Å². The first kappa shape index (κ1) is 11.8. The van der Waals surface area contributed by atoms with Crippen LogP contribution in [0.15, 0.2) is 29.7 Å². The molecule has 2 rings (SSSR count). The van der Waals surface area contributed by atoms with E-state index in [2.05, 4.69) is 19.8 Å². The summed E-state index contributed by atoms with van der Waals surface area (Å²) in [6, 6.07) is 1.38. The average Bonchev–Trinajstić information content (AvgIpc) is 2.64. The molecule has 90 valence electrons. The van der Waals surface area contributed by atoms with E-state index >= 15 is 0 Å². The maximum atomic E-state index is 11.9. The Labute approximate surface area is 103 Å². The number of anilines is 1. The van der Waals surface area contributed by atoms with Crippen LogP contribution in [0, 0.1) is 0 Å². The quantitative estimate of drug-likeness (QED) is 0.887. The molecule has 0 aliphatic heterocycles. The van der Waals surface area contributed by atoms with Crippen LogP contribution in [0.3, 0.4) is 0 Å². The van der Waals surface area contributed by atoms with Gasteiger partial charge in [0, 0.05) is 7.05 Å². The monoisotopic (exact) mass is 273 g/mol. The number of aryl methyl sites for hydroxylation is 1. The molecule has 7 nitrogen and oxygen atoms in total. The molecule has 17 heavy (non-hydrogen) atoms. The van der Waals surface area contributed by atoms with Gasteiger partial charge in [0.1, 0.15) is 5.15 Å². The standard InChI is InChI=1S/C8H8ClN5O2S/c1-14-8(2-3-11-14)17(15,16)13-7-5-10-4-6(9)12-7/h2-5H,1H3,(H,12,13). The van der Waals surface area contributed by atoms with E-state index in [1.165, 1.54) is 36.4 Å². The van der Waals surface area contributed by atoms with Crippen molar-refractivity contribution in [2.45, 2.75) is 5.03 Å². The summed E-state index contributed by atoms with van der Waals surface area (Å²) >= 11 is 5.60. The minimum absolute atomic E-state index is 0.0271. The van der Waals surface area contributed by atoms with Crippen LogP contribution in [0.2, 0.25) is 5.15 Å².